The SMILES string of the molecule is CCCCOC(=O)c1ccc(Nc2nc(C)nc3sc(-c4ccccc4)cc23)cc1. The van der Waals surface area contributed by atoms with Gasteiger partial charge in [0.25, 0.3) is 0 Å². The van der Waals surface area contributed by atoms with E-state index in [9.17, 15) is 4.79 Å². The van der Waals surface area contributed by atoms with Crippen molar-refractivity contribution in [3.8, 4) is 10.4 Å². The van der Waals surface area contributed by atoms with Crippen molar-refractivity contribution in [1.82, 2.24) is 9.97 Å². The summed E-state index contributed by atoms with van der Waals surface area (Å²) in [5.41, 5.74) is 2.56. The molecule has 0 amide bonds. The Hall–Kier alpha value is -3.25. The van der Waals surface area contributed by atoms with E-state index in [0.717, 1.165) is 45.0 Å². The first kappa shape index (κ1) is 20.0. The maximum Gasteiger partial charge on any atom is 0.338 e. The lowest BCUT2D eigenvalue weighted by Crippen LogP contribution is -2.06. The second-order valence-electron chi connectivity index (χ2n) is 7.01. The number of aryl methyl sites for hydroxylation is 1. The van der Waals surface area contributed by atoms with Crippen LogP contribution >= 0.6 is 11.3 Å². The number of unbranched alkanes of at least 4 members (excludes halogenated alkanes) is 1. The van der Waals surface area contributed by atoms with Crippen LogP contribution in [0, 0.1) is 6.92 Å². The molecule has 0 fully saturated rings. The molecule has 2 heterocycles. The van der Waals surface area contributed by atoms with Crippen molar-refractivity contribution >= 4 is 39.0 Å². The summed E-state index contributed by atoms with van der Waals surface area (Å²) in [6, 6.07) is 19.7. The van der Waals surface area contributed by atoms with E-state index in [1.54, 1.807) is 23.5 Å². The first-order valence-corrected chi connectivity index (χ1v) is 10.8. The van der Waals surface area contributed by atoms with Crippen molar-refractivity contribution in [3.05, 3.63) is 72.1 Å². The molecule has 5 nitrogen and oxygen atoms in total. The Kier molecular flexibility index (Phi) is 6.05. The van der Waals surface area contributed by atoms with Gasteiger partial charge in [0.1, 0.15) is 16.5 Å². The molecule has 2 aromatic carbocycles. The summed E-state index contributed by atoms with van der Waals surface area (Å²) in [7, 11) is 0. The molecule has 6 heteroatoms. The van der Waals surface area contributed by atoms with E-state index in [-0.39, 0.29) is 5.97 Å². The van der Waals surface area contributed by atoms with Gasteiger partial charge in [0.05, 0.1) is 17.6 Å². The lowest BCUT2D eigenvalue weighted by atomic mass is 10.2. The van der Waals surface area contributed by atoms with Crippen LogP contribution in [-0.2, 0) is 4.74 Å². The highest BCUT2D eigenvalue weighted by molar-refractivity contribution is 7.21. The quantitative estimate of drug-likeness (QED) is 0.280. The summed E-state index contributed by atoms with van der Waals surface area (Å²) < 4.78 is 5.27. The predicted molar refractivity (Wildman–Crippen MR) is 123 cm³/mol. The van der Waals surface area contributed by atoms with E-state index in [2.05, 4.69) is 40.4 Å². The summed E-state index contributed by atoms with van der Waals surface area (Å²) in [4.78, 5) is 23.4. The number of anilines is 2. The van der Waals surface area contributed by atoms with Gasteiger partial charge >= 0.3 is 5.97 Å². The zero-order valence-corrected chi connectivity index (χ0v) is 17.8. The van der Waals surface area contributed by atoms with Crippen LogP contribution in [0.3, 0.4) is 0 Å². The smallest absolute Gasteiger partial charge is 0.338 e. The average molecular weight is 418 g/mol. The number of fused-ring (bicyclic) bond motifs is 1. The minimum atomic E-state index is -0.291. The van der Waals surface area contributed by atoms with E-state index in [1.807, 2.05) is 37.3 Å². The molecule has 30 heavy (non-hydrogen) atoms. The molecule has 4 aromatic rings. The van der Waals surface area contributed by atoms with Crippen molar-refractivity contribution in [3.63, 3.8) is 0 Å². The number of hydrogen-bond donors (Lipinski definition) is 1. The van der Waals surface area contributed by atoms with Crippen molar-refractivity contribution in [2.75, 3.05) is 11.9 Å². The first-order chi connectivity index (χ1) is 14.6. The molecule has 152 valence electrons. The molecule has 0 atom stereocenters. The van der Waals surface area contributed by atoms with E-state index < -0.39 is 0 Å². The molecule has 0 spiro atoms. The van der Waals surface area contributed by atoms with Gasteiger partial charge in [-0.25, -0.2) is 14.8 Å². The van der Waals surface area contributed by atoms with Gasteiger partial charge < -0.3 is 10.1 Å². The Morgan fingerprint density at radius 1 is 1.07 bits per heavy atom. The number of esters is 1. The number of carbonyl (C=O) groups excluding carboxylic acids is 1. The van der Waals surface area contributed by atoms with Crippen LogP contribution in [0.5, 0.6) is 0 Å². The van der Waals surface area contributed by atoms with Crippen LogP contribution < -0.4 is 5.32 Å². The third-order valence-corrected chi connectivity index (χ3v) is 5.76. The van der Waals surface area contributed by atoms with Crippen molar-refractivity contribution in [2.24, 2.45) is 0 Å². The van der Waals surface area contributed by atoms with E-state index in [4.69, 9.17) is 4.74 Å². The number of nitrogens with one attached hydrogen (secondary N) is 1. The van der Waals surface area contributed by atoms with Gasteiger partial charge in [0.2, 0.25) is 0 Å². The monoisotopic (exact) mass is 417 g/mol. The summed E-state index contributed by atoms with van der Waals surface area (Å²) in [6.45, 7) is 4.41. The summed E-state index contributed by atoms with van der Waals surface area (Å²) in [5.74, 6) is 1.18. The van der Waals surface area contributed by atoms with E-state index in [1.165, 1.54) is 0 Å². The Balaban J connectivity index is 1.57. The Labute approximate surface area is 179 Å². The van der Waals surface area contributed by atoms with Crippen LogP contribution in [0.1, 0.15) is 35.9 Å². The largest absolute Gasteiger partial charge is 0.462 e. The molecule has 0 unspecified atom stereocenters. The predicted octanol–water partition coefficient (Wildman–Crippen LogP) is 6.37. The number of thiophene rings is 1. The van der Waals surface area contributed by atoms with Crippen molar-refractivity contribution in [1.29, 1.82) is 0 Å². The lowest BCUT2D eigenvalue weighted by molar-refractivity contribution is 0.0500. The molecule has 0 radical (unpaired) electrons. The fourth-order valence-corrected chi connectivity index (χ4v) is 4.17. The number of carbonyl (C=O) groups is 1. The molecule has 4 rings (SSSR count). The van der Waals surface area contributed by atoms with Crippen LogP contribution in [-0.4, -0.2) is 22.5 Å². The van der Waals surface area contributed by atoms with E-state index in [0.29, 0.717) is 18.0 Å². The maximum absolute atomic E-state index is 12.1. The third kappa shape index (κ3) is 4.49. The van der Waals surface area contributed by atoms with E-state index >= 15 is 0 Å². The number of benzene rings is 2. The van der Waals surface area contributed by atoms with Crippen LogP contribution in [0.2, 0.25) is 0 Å². The minimum Gasteiger partial charge on any atom is -0.462 e. The second kappa shape index (κ2) is 9.05. The Bertz CT molecular complexity index is 1150. The van der Waals surface area contributed by atoms with Crippen LogP contribution in [0.15, 0.2) is 60.7 Å². The topological polar surface area (TPSA) is 64.1 Å². The van der Waals surface area contributed by atoms with Gasteiger partial charge in [-0.2, -0.15) is 0 Å². The number of nitrogens with zero attached hydrogens (tertiary/aromatic N) is 2. The third-order valence-electron chi connectivity index (χ3n) is 4.68. The molecule has 1 N–H and O–H groups in total. The van der Waals surface area contributed by atoms with Gasteiger partial charge in [0.15, 0.2) is 0 Å². The van der Waals surface area contributed by atoms with Gasteiger partial charge in [-0.3, -0.25) is 0 Å². The number of aromatic nitrogens is 2. The second-order valence-corrected chi connectivity index (χ2v) is 8.04. The molecule has 0 aliphatic rings. The summed E-state index contributed by atoms with van der Waals surface area (Å²) in [6.07, 6.45) is 1.87. The maximum atomic E-state index is 12.1. The zero-order valence-electron chi connectivity index (χ0n) is 17.0. The fraction of sp³-hybridized carbons (Fsp3) is 0.208. The normalized spacial score (nSPS) is 10.9. The van der Waals surface area contributed by atoms with Gasteiger partial charge in [-0.15, -0.1) is 11.3 Å². The van der Waals surface area contributed by atoms with Gasteiger partial charge in [-0.1, -0.05) is 43.7 Å². The number of rotatable bonds is 7. The van der Waals surface area contributed by atoms with Gasteiger partial charge in [-0.05, 0) is 49.2 Å². The molecule has 2 aromatic heterocycles. The highest BCUT2D eigenvalue weighted by Gasteiger charge is 2.13. The number of hydrogen-bond acceptors (Lipinski definition) is 6. The molecule has 0 aliphatic carbocycles. The van der Waals surface area contributed by atoms with Crippen LogP contribution in [0.25, 0.3) is 20.7 Å². The molecular weight excluding hydrogens is 394 g/mol. The molecule has 0 bridgehead atoms. The zero-order chi connectivity index (χ0) is 20.9. The fourth-order valence-electron chi connectivity index (χ4n) is 3.09. The Morgan fingerprint density at radius 3 is 2.57 bits per heavy atom. The summed E-state index contributed by atoms with van der Waals surface area (Å²) in [5, 5.41) is 4.35. The lowest BCUT2D eigenvalue weighted by Gasteiger charge is -2.09. The number of ether oxygens (including phenoxy) is 1. The molecule has 0 aliphatic heterocycles. The molecule has 0 saturated carbocycles. The molecule has 0 saturated heterocycles. The van der Waals surface area contributed by atoms with Crippen LogP contribution in [0.4, 0.5) is 11.5 Å². The highest BCUT2D eigenvalue weighted by Crippen LogP contribution is 2.36. The van der Waals surface area contributed by atoms with Gasteiger partial charge in [0, 0.05) is 10.6 Å². The van der Waals surface area contributed by atoms with Crippen molar-refractivity contribution in [2.45, 2.75) is 26.7 Å². The Morgan fingerprint density at radius 2 is 1.83 bits per heavy atom. The van der Waals surface area contributed by atoms with Crippen molar-refractivity contribution < 1.29 is 9.53 Å². The average Bonchev–Trinajstić information content (AvgIpc) is 3.19. The summed E-state index contributed by atoms with van der Waals surface area (Å²) >= 11 is 1.65. The first-order valence-electron chi connectivity index (χ1n) is 10.0. The molecular formula is C24H23N3O2S. The minimum absolute atomic E-state index is 0.291. The highest BCUT2D eigenvalue weighted by atomic mass is 32.1. The standard InChI is InChI=1S/C24H23N3O2S/c1-3-4-14-29-24(28)18-10-12-19(13-11-18)27-22-20-15-21(17-8-6-5-7-9-17)30-23(20)26-16(2)25-22/h5-13,15H,3-4,14H2,1-2H3,(H,25,26,27).